The van der Waals surface area contributed by atoms with Gasteiger partial charge in [-0.1, -0.05) is 97.1 Å². The first-order chi connectivity index (χ1) is 20.6. The lowest BCUT2D eigenvalue weighted by atomic mass is 9.94. The largest absolute Gasteiger partial charge is 0.489 e. The number of benzene rings is 5. The van der Waals surface area contributed by atoms with Gasteiger partial charge in [0, 0.05) is 24.1 Å². The Labute approximate surface area is 244 Å². The molecule has 2 atom stereocenters. The molecule has 0 saturated carbocycles. The van der Waals surface area contributed by atoms with E-state index in [1.807, 2.05) is 97.1 Å². The van der Waals surface area contributed by atoms with Crippen LogP contribution in [0.2, 0.25) is 0 Å². The van der Waals surface area contributed by atoms with Gasteiger partial charge >= 0.3 is 0 Å². The van der Waals surface area contributed by atoms with Crippen molar-refractivity contribution < 1.29 is 28.4 Å². The number of fused-ring (bicyclic) bond motifs is 1. The highest BCUT2D eigenvalue weighted by Crippen LogP contribution is 2.43. The van der Waals surface area contributed by atoms with Gasteiger partial charge in [-0.05, 0) is 34.4 Å². The van der Waals surface area contributed by atoms with E-state index in [2.05, 4.69) is 0 Å². The smallest absolute Gasteiger partial charge is 0.165 e. The summed E-state index contributed by atoms with van der Waals surface area (Å²) in [6.07, 6.45) is -1.42. The SMILES string of the molecule is O[C@H]1Cc2c(OCc3ccccc3)cc(OCc3ccccc3)cc2O[C@@H]1c1ccc(OCc2ccccc2)c(F)c1. The lowest BCUT2D eigenvalue weighted by molar-refractivity contribution is 0.0192. The molecule has 0 spiro atoms. The summed E-state index contributed by atoms with van der Waals surface area (Å²) in [4.78, 5) is 0. The number of rotatable bonds is 10. The summed E-state index contributed by atoms with van der Waals surface area (Å²) in [7, 11) is 0. The summed E-state index contributed by atoms with van der Waals surface area (Å²) in [5.41, 5.74) is 4.24. The Morgan fingerprint density at radius 1 is 0.643 bits per heavy atom. The van der Waals surface area contributed by atoms with E-state index < -0.39 is 18.0 Å². The highest BCUT2D eigenvalue weighted by Gasteiger charge is 2.33. The van der Waals surface area contributed by atoms with Crippen LogP contribution in [-0.4, -0.2) is 11.2 Å². The number of hydrogen-bond donors (Lipinski definition) is 1. The molecular formula is C36H31FO5. The first-order valence-electron chi connectivity index (χ1n) is 13.9. The van der Waals surface area contributed by atoms with Crippen LogP contribution in [0.5, 0.6) is 23.0 Å². The van der Waals surface area contributed by atoms with Crippen molar-refractivity contribution in [3.8, 4) is 23.0 Å². The lowest BCUT2D eigenvalue weighted by Gasteiger charge is -2.32. The molecule has 0 aliphatic carbocycles. The molecule has 212 valence electrons. The Morgan fingerprint density at radius 2 is 1.19 bits per heavy atom. The molecule has 0 amide bonds. The molecule has 6 heteroatoms. The minimum atomic E-state index is -0.914. The Morgan fingerprint density at radius 3 is 1.76 bits per heavy atom. The van der Waals surface area contributed by atoms with Crippen LogP contribution in [0.15, 0.2) is 121 Å². The fourth-order valence-corrected chi connectivity index (χ4v) is 4.96. The highest BCUT2D eigenvalue weighted by molar-refractivity contribution is 5.53. The molecule has 1 aliphatic heterocycles. The number of halogens is 1. The van der Waals surface area contributed by atoms with Gasteiger partial charge in [-0.3, -0.25) is 0 Å². The normalized spacial score (nSPS) is 15.8. The van der Waals surface area contributed by atoms with Crippen molar-refractivity contribution in [2.45, 2.75) is 38.4 Å². The molecule has 1 heterocycles. The van der Waals surface area contributed by atoms with Gasteiger partial charge < -0.3 is 24.1 Å². The van der Waals surface area contributed by atoms with E-state index in [1.165, 1.54) is 6.07 Å². The van der Waals surface area contributed by atoms with Crippen LogP contribution in [-0.2, 0) is 26.2 Å². The van der Waals surface area contributed by atoms with Crippen LogP contribution < -0.4 is 18.9 Å². The van der Waals surface area contributed by atoms with Gasteiger partial charge in [0.25, 0.3) is 0 Å². The average molecular weight is 563 g/mol. The third-order valence-electron chi connectivity index (χ3n) is 7.17. The molecule has 1 aliphatic rings. The van der Waals surface area contributed by atoms with Crippen LogP contribution in [0.1, 0.15) is 33.9 Å². The van der Waals surface area contributed by atoms with Crippen LogP contribution >= 0.6 is 0 Å². The van der Waals surface area contributed by atoms with Crippen molar-refractivity contribution in [1.82, 2.24) is 0 Å². The van der Waals surface area contributed by atoms with Crippen molar-refractivity contribution in [1.29, 1.82) is 0 Å². The standard InChI is InChI=1S/C36H31FO5/c37-31-18-28(16-17-33(31)40-23-26-12-6-2-7-13-26)36-32(38)21-30-34(41-24-27-14-8-3-9-15-27)19-29(20-35(30)42-36)39-22-25-10-4-1-5-11-25/h1-20,32,36,38H,21-24H2/t32-,36+/m0/s1. The molecule has 5 nitrogen and oxygen atoms in total. The molecule has 5 aromatic carbocycles. The molecule has 0 saturated heterocycles. The summed E-state index contributed by atoms with van der Waals surface area (Å²) >= 11 is 0. The summed E-state index contributed by atoms with van der Waals surface area (Å²) < 4.78 is 39.4. The number of aliphatic hydroxyl groups excluding tert-OH is 1. The number of hydrogen-bond acceptors (Lipinski definition) is 5. The van der Waals surface area contributed by atoms with Gasteiger partial charge in [0.15, 0.2) is 11.6 Å². The lowest BCUT2D eigenvalue weighted by Crippen LogP contribution is -2.30. The van der Waals surface area contributed by atoms with Crippen LogP contribution in [0.25, 0.3) is 0 Å². The second kappa shape index (κ2) is 12.8. The van der Waals surface area contributed by atoms with Crippen molar-refractivity contribution in [2.75, 3.05) is 0 Å². The maximum Gasteiger partial charge on any atom is 0.165 e. The summed E-state index contributed by atoms with van der Waals surface area (Å²) in [5.74, 6) is 1.31. The summed E-state index contributed by atoms with van der Waals surface area (Å²) in [6.45, 7) is 0.981. The summed E-state index contributed by atoms with van der Waals surface area (Å²) in [5, 5.41) is 11.1. The molecule has 0 radical (unpaired) electrons. The monoisotopic (exact) mass is 562 g/mol. The third kappa shape index (κ3) is 6.56. The quantitative estimate of drug-likeness (QED) is 0.190. The zero-order valence-corrected chi connectivity index (χ0v) is 23.0. The van der Waals surface area contributed by atoms with Gasteiger partial charge in [0.1, 0.15) is 43.2 Å². The molecule has 0 aromatic heterocycles. The molecule has 5 aromatic rings. The topological polar surface area (TPSA) is 57.2 Å². The van der Waals surface area contributed by atoms with Crippen molar-refractivity contribution in [3.63, 3.8) is 0 Å². The minimum absolute atomic E-state index is 0.140. The zero-order chi connectivity index (χ0) is 28.7. The Hall–Kier alpha value is -4.81. The number of ether oxygens (including phenoxy) is 4. The van der Waals surface area contributed by atoms with Crippen LogP contribution in [0.4, 0.5) is 4.39 Å². The molecule has 42 heavy (non-hydrogen) atoms. The van der Waals surface area contributed by atoms with E-state index in [-0.39, 0.29) is 18.8 Å². The van der Waals surface area contributed by atoms with Crippen molar-refractivity contribution in [2.24, 2.45) is 0 Å². The minimum Gasteiger partial charge on any atom is -0.489 e. The van der Waals surface area contributed by atoms with E-state index in [0.29, 0.717) is 36.0 Å². The zero-order valence-electron chi connectivity index (χ0n) is 23.0. The van der Waals surface area contributed by atoms with Gasteiger partial charge in [0.2, 0.25) is 0 Å². The highest BCUT2D eigenvalue weighted by atomic mass is 19.1. The van der Waals surface area contributed by atoms with Gasteiger partial charge in [0.05, 0.1) is 6.10 Å². The third-order valence-corrected chi connectivity index (χ3v) is 7.17. The second-order valence-electron chi connectivity index (χ2n) is 10.2. The predicted molar refractivity (Wildman–Crippen MR) is 158 cm³/mol. The second-order valence-corrected chi connectivity index (χ2v) is 10.2. The molecule has 0 bridgehead atoms. The van der Waals surface area contributed by atoms with E-state index in [1.54, 1.807) is 18.2 Å². The van der Waals surface area contributed by atoms with E-state index in [4.69, 9.17) is 18.9 Å². The van der Waals surface area contributed by atoms with Gasteiger partial charge in [-0.2, -0.15) is 0 Å². The van der Waals surface area contributed by atoms with Crippen molar-refractivity contribution in [3.05, 3.63) is 155 Å². The van der Waals surface area contributed by atoms with Gasteiger partial charge in [-0.15, -0.1) is 0 Å². The van der Waals surface area contributed by atoms with Crippen LogP contribution in [0, 0.1) is 5.82 Å². The summed E-state index contributed by atoms with van der Waals surface area (Å²) in [6, 6.07) is 37.6. The molecule has 6 rings (SSSR count). The Bertz CT molecular complexity index is 1610. The average Bonchev–Trinajstić information content (AvgIpc) is 3.03. The number of aliphatic hydroxyl groups is 1. The first-order valence-corrected chi connectivity index (χ1v) is 13.9. The van der Waals surface area contributed by atoms with E-state index in [9.17, 15) is 5.11 Å². The molecule has 1 N–H and O–H groups in total. The Balaban J connectivity index is 1.23. The fourth-order valence-electron chi connectivity index (χ4n) is 4.96. The van der Waals surface area contributed by atoms with Crippen molar-refractivity contribution >= 4 is 0 Å². The van der Waals surface area contributed by atoms with Crippen LogP contribution in [0.3, 0.4) is 0 Å². The predicted octanol–water partition coefficient (Wildman–Crippen LogP) is 7.60. The maximum atomic E-state index is 15.1. The first kappa shape index (κ1) is 27.4. The van der Waals surface area contributed by atoms with E-state index in [0.717, 1.165) is 22.3 Å². The molecule has 0 fully saturated rings. The Kier molecular flexibility index (Phi) is 8.33. The molecule has 0 unspecified atom stereocenters. The fraction of sp³-hybridized carbons (Fsp3) is 0.167. The van der Waals surface area contributed by atoms with E-state index >= 15 is 4.39 Å². The maximum absolute atomic E-state index is 15.1. The molecular weight excluding hydrogens is 531 g/mol. The van der Waals surface area contributed by atoms with Gasteiger partial charge in [-0.25, -0.2) is 4.39 Å².